The molecule has 0 amide bonds. The molecule has 4 aromatic rings. The number of rotatable bonds is 6. The highest BCUT2D eigenvalue weighted by molar-refractivity contribution is 7.13. The highest BCUT2D eigenvalue weighted by atomic mass is 35.5. The second-order valence-electron chi connectivity index (χ2n) is 6.81. The number of nitrogens with one attached hydrogen (secondary N) is 1. The van der Waals surface area contributed by atoms with Gasteiger partial charge in [0.1, 0.15) is 22.3 Å². The monoisotopic (exact) mass is 454 g/mol. The highest BCUT2D eigenvalue weighted by Crippen LogP contribution is 2.39. The van der Waals surface area contributed by atoms with Crippen molar-refractivity contribution in [1.29, 1.82) is 0 Å². The van der Waals surface area contributed by atoms with Crippen LogP contribution >= 0.6 is 22.9 Å². The number of aryl methyl sites for hydroxylation is 2. The summed E-state index contributed by atoms with van der Waals surface area (Å²) in [6.45, 7) is 3.82. The van der Waals surface area contributed by atoms with E-state index in [1.165, 1.54) is 17.4 Å². The van der Waals surface area contributed by atoms with E-state index >= 15 is 0 Å². The zero-order chi connectivity index (χ0) is 22.1. The Morgan fingerprint density at radius 3 is 2.68 bits per heavy atom. The van der Waals surface area contributed by atoms with Crippen LogP contribution in [-0.2, 0) is 0 Å². The number of carboxylic acid groups (broad SMARTS) is 1. The van der Waals surface area contributed by atoms with Crippen LogP contribution in [0.5, 0.6) is 5.75 Å². The number of benzene rings is 2. The standard InChI is InChI=1S/C22H19ClN4O3S/c1-12-11-31-21(24-12)19-13(2)26-27(17-6-4-5-7-18(17)30-3)20(19)25-16-9-8-14(23)10-15(16)22(28)29/h4-11,25H,1-3H3,(H,28,29). The molecule has 0 saturated heterocycles. The van der Waals surface area contributed by atoms with Gasteiger partial charge in [0.15, 0.2) is 0 Å². The molecule has 0 atom stereocenters. The van der Waals surface area contributed by atoms with Crippen molar-refractivity contribution in [3.8, 4) is 22.0 Å². The van der Waals surface area contributed by atoms with Gasteiger partial charge < -0.3 is 15.2 Å². The number of hydrogen-bond acceptors (Lipinski definition) is 6. The predicted molar refractivity (Wildman–Crippen MR) is 122 cm³/mol. The molecule has 0 aliphatic rings. The van der Waals surface area contributed by atoms with Crippen molar-refractivity contribution in [2.45, 2.75) is 13.8 Å². The van der Waals surface area contributed by atoms with Crippen LogP contribution in [0.4, 0.5) is 11.5 Å². The number of para-hydroxylation sites is 2. The van der Waals surface area contributed by atoms with Gasteiger partial charge in [-0.3, -0.25) is 0 Å². The van der Waals surface area contributed by atoms with Crippen molar-refractivity contribution in [2.24, 2.45) is 0 Å². The fourth-order valence-electron chi connectivity index (χ4n) is 3.28. The smallest absolute Gasteiger partial charge is 0.337 e. The number of carboxylic acids is 1. The number of nitrogens with zero attached hydrogens (tertiary/aromatic N) is 3. The van der Waals surface area contributed by atoms with E-state index in [-0.39, 0.29) is 5.56 Å². The number of ether oxygens (including phenoxy) is 1. The summed E-state index contributed by atoms with van der Waals surface area (Å²) in [5.41, 5.74) is 3.58. The maximum Gasteiger partial charge on any atom is 0.337 e. The molecule has 0 spiro atoms. The second-order valence-corrected chi connectivity index (χ2v) is 8.10. The molecule has 2 aromatic carbocycles. The van der Waals surface area contributed by atoms with Crippen LogP contribution in [0.25, 0.3) is 16.3 Å². The number of aromatic carboxylic acids is 1. The first kappa shape index (κ1) is 20.9. The van der Waals surface area contributed by atoms with Gasteiger partial charge in [0.25, 0.3) is 0 Å². The third-order valence-corrected chi connectivity index (χ3v) is 5.88. The molecule has 2 heterocycles. The quantitative estimate of drug-likeness (QED) is 0.387. The van der Waals surface area contributed by atoms with Gasteiger partial charge >= 0.3 is 5.97 Å². The summed E-state index contributed by atoms with van der Waals surface area (Å²) in [6.07, 6.45) is 0. The van der Waals surface area contributed by atoms with E-state index in [2.05, 4.69) is 10.3 Å². The fraction of sp³-hybridized carbons (Fsp3) is 0.136. The summed E-state index contributed by atoms with van der Waals surface area (Å²) >= 11 is 7.53. The fourth-order valence-corrected chi connectivity index (χ4v) is 4.34. The predicted octanol–water partition coefficient (Wildman–Crippen LogP) is 5.72. The number of halogens is 1. The molecular weight excluding hydrogens is 436 g/mol. The summed E-state index contributed by atoms with van der Waals surface area (Å²) in [5.74, 6) is 0.127. The Labute approximate surface area is 187 Å². The molecule has 9 heteroatoms. The average Bonchev–Trinajstić information content (AvgIpc) is 3.31. The minimum absolute atomic E-state index is 0.0548. The molecule has 2 N–H and O–H groups in total. The maximum atomic E-state index is 11.8. The van der Waals surface area contributed by atoms with Gasteiger partial charge in [-0.2, -0.15) is 5.10 Å². The Balaban J connectivity index is 1.96. The number of thiazole rings is 1. The Morgan fingerprint density at radius 2 is 2.00 bits per heavy atom. The molecule has 158 valence electrons. The van der Waals surface area contributed by atoms with E-state index in [0.717, 1.165) is 22.0 Å². The number of anilines is 2. The van der Waals surface area contributed by atoms with Crippen LogP contribution < -0.4 is 10.1 Å². The van der Waals surface area contributed by atoms with E-state index in [1.54, 1.807) is 23.9 Å². The topological polar surface area (TPSA) is 89.3 Å². The molecular formula is C22H19ClN4O3S. The van der Waals surface area contributed by atoms with Gasteiger partial charge in [-0.1, -0.05) is 23.7 Å². The summed E-state index contributed by atoms with van der Waals surface area (Å²) < 4.78 is 7.24. The van der Waals surface area contributed by atoms with Crippen molar-refractivity contribution in [2.75, 3.05) is 12.4 Å². The minimum atomic E-state index is -1.09. The largest absolute Gasteiger partial charge is 0.494 e. The van der Waals surface area contributed by atoms with Crippen LogP contribution in [0.3, 0.4) is 0 Å². The van der Waals surface area contributed by atoms with E-state index in [0.29, 0.717) is 28.0 Å². The lowest BCUT2D eigenvalue weighted by atomic mass is 10.1. The van der Waals surface area contributed by atoms with Gasteiger partial charge in [0.05, 0.1) is 29.6 Å². The third kappa shape index (κ3) is 3.99. The van der Waals surface area contributed by atoms with Crippen molar-refractivity contribution < 1.29 is 14.6 Å². The molecule has 0 saturated carbocycles. The van der Waals surface area contributed by atoms with Crippen LogP contribution in [0.1, 0.15) is 21.7 Å². The molecule has 31 heavy (non-hydrogen) atoms. The summed E-state index contributed by atoms with van der Waals surface area (Å²) in [7, 11) is 1.59. The minimum Gasteiger partial charge on any atom is -0.494 e. The zero-order valence-corrected chi connectivity index (χ0v) is 18.6. The Hall–Kier alpha value is -3.36. The van der Waals surface area contributed by atoms with E-state index in [9.17, 15) is 9.90 Å². The normalized spacial score (nSPS) is 10.8. The van der Waals surface area contributed by atoms with E-state index in [4.69, 9.17) is 21.4 Å². The first-order valence-corrected chi connectivity index (χ1v) is 10.6. The number of hydrogen-bond donors (Lipinski definition) is 2. The van der Waals surface area contributed by atoms with E-state index in [1.807, 2.05) is 43.5 Å². The SMILES string of the molecule is COc1ccccc1-n1nc(C)c(-c2nc(C)cs2)c1Nc1ccc(Cl)cc1C(=O)O. The van der Waals surface area contributed by atoms with Crippen molar-refractivity contribution >= 4 is 40.4 Å². The van der Waals surface area contributed by atoms with Crippen molar-refractivity contribution in [3.63, 3.8) is 0 Å². The van der Waals surface area contributed by atoms with Gasteiger partial charge in [-0.25, -0.2) is 14.5 Å². The van der Waals surface area contributed by atoms with Gasteiger partial charge in [-0.05, 0) is 44.2 Å². The van der Waals surface area contributed by atoms with Crippen molar-refractivity contribution in [1.82, 2.24) is 14.8 Å². The molecule has 0 bridgehead atoms. The number of carbonyl (C=O) groups is 1. The second kappa shape index (κ2) is 8.41. The zero-order valence-electron chi connectivity index (χ0n) is 17.0. The Morgan fingerprint density at radius 1 is 1.23 bits per heavy atom. The van der Waals surface area contributed by atoms with Crippen molar-refractivity contribution in [3.05, 3.63) is 69.8 Å². The van der Waals surface area contributed by atoms with Crippen LogP contribution in [0, 0.1) is 13.8 Å². The van der Waals surface area contributed by atoms with Gasteiger partial charge in [-0.15, -0.1) is 11.3 Å². The lowest BCUT2D eigenvalue weighted by Gasteiger charge is -2.15. The first-order valence-electron chi connectivity index (χ1n) is 9.34. The number of aromatic nitrogens is 3. The highest BCUT2D eigenvalue weighted by Gasteiger charge is 2.23. The molecule has 0 aliphatic heterocycles. The van der Waals surface area contributed by atoms with Gasteiger partial charge in [0.2, 0.25) is 0 Å². The summed E-state index contributed by atoms with van der Waals surface area (Å²) in [5, 5.41) is 20.8. The molecule has 0 aliphatic carbocycles. The molecule has 2 aromatic heterocycles. The van der Waals surface area contributed by atoms with Crippen LogP contribution in [-0.4, -0.2) is 33.0 Å². The molecule has 7 nitrogen and oxygen atoms in total. The summed E-state index contributed by atoms with van der Waals surface area (Å²) in [6, 6.07) is 12.2. The molecule has 0 radical (unpaired) electrons. The average molecular weight is 455 g/mol. The summed E-state index contributed by atoms with van der Waals surface area (Å²) in [4.78, 5) is 16.5. The number of methoxy groups -OCH3 is 1. The lowest BCUT2D eigenvalue weighted by molar-refractivity contribution is 0.0698. The molecule has 4 rings (SSSR count). The Bertz CT molecular complexity index is 1280. The van der Waals surface area contributed by atoms with E-state index < -0.39 is 5.97 Å². The van der Waals surface area contributed by atoms with Crippen LogP contribution in [0.2, 0.25) is 5.02 Å². The molecule has 0 unspecified atom stereocenters. The lowest BCUT2D eigenvalue weighted by Crippen LogP contribution is -2.08. The first-order chi connectivity index (χ1) is 14.9. The van der Waals surface area contributed by atoms with Crippen LogP contribution in [0.15, 0.2) is 47.8 Å². The molecule has 0 fully saturated rings. The Kier molecular flexibility index (Phi) is 5.67. The van der Waals surface area contributed by atoms with Gasteiger partial charge in [0, 0.05) is 16.1 Å². The third-order valence-electron chi connectivity index (χ3n) is 4.67. The maximum absolute atomic E-state index is 11.8.